The van der Waals surface area contributed by atoms with Crippen LogP contribution in [0.5, 0.6) is 5.75 Å². The molecule has 6 nitrogen and oxygen atoms in total. The van der Waals surface area contributed by atoms with Gasteiger partial charge in [0.1, 0.15) is 5.75 Å². The van der Waals surface area contributed by atoms with Crippen molar-refractivity contribution in [2.45, 2.75) is 39.2 Å². The van der Waals surface area contributed by atoms with Crippen molar-refractivity contribution in [3.63, 3.8) is 0 Å². The zero-order chi connectivity index (χ0) is 21.6. The second-order valence-electron chi connectivity index (χ2n) is 8.28. The van der Waals surface area contributed by atoms with Gasteiger partial charge in [-0.3, -0.25) is 9.10 Å². The Bertz CT molecular complexity index is 1060. The monoisotopic (exact) mass is 436 g/mol. The van der Waals surface area contributed by atoms with Crippen molar-refractivity contribution in [1.29, 1.82) is 0 Å². The molecule has 2 aromatic rings. The van der Waals surface area contributed by atoms with Gasteiger partial charge in [-0.2, -0.15) is 0 Å². The lowest BCUT2D eigenvalue weighted by Crippen LogP contribution is -2.48. The van der Waals surface area contributed by atoms with Crippen LogP contribution in [0.4, 0.5) is 11.4 Å². The van der Waals surface area contributed by atoms with Gasteiger partial charge in [-0.05, 0) is 53.8 Å². The molecular weight excluding hydrogens is 412 g/mol. The number of sulfonamides is 1. The van der Waals surface area contributed by atoms with Gasteiger partial charge in [0.25, 0.3) is 5.91 Å². The van der Waals surface area contributed by atoms with E-state index in [4.69, 9.17) is 16.3 Å². The maximum Gasteiger partial charge on any atom is 0.267 e. The number of ether oxygens (including phenoxy) is 1. The zero-order valence-corrected chi connectivity index (χ0v) is 18.7. The molecular formula is C21H25ClN2O4S. The number of hydrogen-bond donors (Lipinski definition) is 1. The van der Waals surface area contributed by atoms with E-state index in [1.54, 1.807) is 24.3 Å². The molecule has 1 N–H and O–H groups in total. The zero-order valence-electron chi connectivity index (χ0n) is 17.1. The number of nitrogens with zero attached hydrogens (tertiary/aromatic N) is 1. The van der Waals surface area contributed by atoms with Crippen molar-refractivity contribution in [1.82, 2.24) is 0 Å². The fourth-order valence-electron chi connectivity index (χ4n) is 3.15. The van der Waals surface area contributed by atoms with Crippen LogP contribution in [-0.4, -0.2) is 33.2 Å². The molecule has 0 spiro atoms. The van der Waals surface area contributed by atoms with Crippen LogP contribution in [0.2, 0.25) is 5.02 Å². The third-order valence-corrected chi connectivity index (χ3v) is 6.22. The van der Waals surface area contributed by atoms with Crippen LogP contribution in [0.15, 0.2) is 36.4 Å². The molecule has 0 saturated carbocycles. The quantitative estimate of drug-likeness (QED) is 0.785. The standard InChI is InChI=1S/C21H25ClN2O4S/c1-13-10-15(22)7-8-16(13)23-20(25)19-12-24(29(5,26)27)17-11-14(21(2,3)4)6-9-18(17)28-19/h6-11,19H,12H2,1-5H3,(H,23,25)/t19-/m1/s1. The first-order valence-electron chi connectivity index (χ1n) is 9.22. The Morgan fingerprint density at radius 1 is 1.21 bits per heavy atom. The molecule has 0 bridgehead atoms. The number of fused-ring (bicyclic) bond motifs is 1. The molecule has 0 saturated heterocycles. The van der Waals surface area contributed by atoms with Gasteiger partial charge in [-0.15, -0.1) is 0 Å². The van der Waals surface area contributed by atoms with Crippen LogP contribution in [-0.2, 0) is 20.2 Å². The Balaban J connectivity index is 1.93. The van der Waals surface area contributed by atoms with Crippen LogP contribution in [0, 0.1) is 6.92 Å². The molecule has 8 heteroatoms. The molecule has 3 rings (SSSR count). The topological polar surface area (TPSA) is 75.7 Å². The summed E-state index contributed by atoms with van der Waals surface area (Å²) in [5.41, 5.74) is 2.68. The number of carbonyl (C=O) groups excluding carboxylic acids is 1. The highest BCUT2D eigenvalue weighted by Crippen LogP contribution is 2.38. The molecule has 156 valence electrons. The van der Waals surface area contributed by atoms with Crippen molar-refractivity contribution in [2.24, 2.45) is 0 Å². The molecule has 1 aliphatic rings. The molecule has 0 aliphatic carbocycles. The fourth-order valence-corrected chi connectivity index (χ4v) is 4.28. The third-order valence-electron chi connectivity index (χ3n) is 4.83. The molecule has 29 heavy (non-hydrogen) atoms. The lowest BCUT2D eigenvalue weighted by Gasteiger charge is -2.35. The van der Waals surface area contributed by atoms with Gasteiger partial charge in [-0.25, -0.2) is 8.42 Å². The van der Waals surface area contributed by atoms with E-state index in [1.165, 1.54) is 4.31 Å². The number of benzene rings is 2. The second kappa shape index (κ2) is 7.54. The Morgan fingerprint density at radius 3 is 2.48 bits per heavy atom. The van der Waals surface area contributed by atoms with Crippen LogP contribution in [0.3, 0.4) is 0 Å². The van der Waals surface area contributed by atoms with Crippen LogP contribution in [0.25, 0.3) is 0 Å². The first-order valence-corrected chi connectivity index (χ1v) is 11.4. The average molecular weight is 437 g/mol. The summed E-state index contributed by atoms with van der Waals surface area (Å²) in [6.45, 7) is 7.88. The molecule has 1 heterocycles. The van der Waals surface area contributed by atoms with Gasteiger partial charge < -0.3 is 10.1 Å². The second-order valence-corrected chi connectivity index (χ2v) is 10.6. The molecule has 1 amide bonds. The van der Waals surface area contributed by atoms with Crippen molar-refractivity contribution in [2.75, 3.05) is 22.4 Å². The molecule has 0 unspecified atom stereocenters. The fraction of sp³-hybridized carbons (Fsp3) is 0.381. The number of amides is 1. The minimum atomic E-state index is -3.60. The largest absolute Gasteiger partial charge is 0.476 e. The average Bonchev–Trinajstić information content (AvgIpc) is 2.61. The molecule has 0 fully saturated rings. The van der Waals surface area contributed by atoms with E-state index in [0.29, 0.717) is 22.1 Å². The van der Waals surface area contributed by atoms with Crippen LogP contribution >= 0.6 is 11.6 Å². The van der Waals surface area contributed by atoms with E-state index in [0.717, 1.165) is 17.4 Å². The molecule has 0 radical (unpaired) electrons. The maximum atomic E-state index is 12.8. The predicted octanol–water partition coefficient (Wildman–Crippen LogP) is 4.11. The highest BCUT2D eigenvalue weighted by Gasteiger charge is 2.36. The Kier molecular flexibility index (Phi) is 5.58. The van der Waals surface area contributed by atoms with Crippen molar-refractivity contribution >= 4 is 38.9 Å². The summed E-state index contributed by atoms with van der Waals surface area (Å²) in [5.74, 6) is -0.0581. The Hall–Kier alpha value is -2.25. The number of nitrogens with one attached hydrogen (secondary N) is 1. The van der Waals surface area contributed by atoms with Crippen LogP contribution < -0.4 is 14.4 Å². The molecule has 0 aromatic heterocycles. The normalized spacial score (nSPS) is 16.8. The number of carbonyl (C=O) groups is 1. The summed E-state index contributed by atoms with van der Waals surface area (Å²) in [6, 6.07) is 10.6. The summed E-state index contributed by atoms with van der Waals surface area (Å²) < 4.78 is 32.0. The lowest BCUT2D eigenvalue weighted by molar-refractivity contribution is -0.122. The smallest absolute Gasteiger partial charge is 0.267 e. The maximum absolute atomic E-state index is 12.8. The summed E-state index contributed by atoms with van der Waals surface area (Å²) in [7, 11) is -3.60. The minimum absolute atomic E-state index is 0.0993. The van der Waals surface area contributed by atoms with E-state index in [9.17, 15) is 13.2 Å². The van der Waals surface area contributed by atoms with E-state index in [1.807, 2.05) is 39.8 Å². The third kappa shape index (κ3) is 4.67. The highest BCUT2D eigenvalue weighted by atomic mass is 35.5. The highest BCUT2D eigenvalue weighted by molar-refractivity contribution is 7.92. The van der Waals surface area contributed by atoms with Crippen molar-refractivity contribution in [3.8, 4) is 5.75 Å². The van der Waals surface area contributed by atoms with E-state index in [2.05, 4.69) is 5.32 Å². The minimum Gasteiger partial charge on any atom is -0.476 e. The number of anilines is 2. The Morgan fingerprint density at radius 2 is 1.90 bits per heavy atom. The van der Waals surface area contributed by atoms with Crippen molar-refractivity contribution < 1.29 is 17.9 Å². The predicted molar refractivity (Wildman–Crippen MR) is 117 cm³/mol. The lowest BCUT2D eigenvalue weighted by atomic mass is 9.86. The molecule has 1 atom stereocenters. The summed E-state index contributed by atoms with van der Waals surface area (Å²) in [4.78, 5) is 12.8. The van der Waals surface area contributed by atoms with E-state index >= 15 is 0 Å². The van der Waals surface area contributed by atoms with Crippen molar-refractivity contribution in [3.05, 3.63) is 52.5 Å². The van der Waals surface area contributed by atoms with Crippen LogP contribution in [0.1, 0.15) is 31.9 Å². The van der Waals surface area contributed by atoms with Gasteiger partial charge in [0.15, 0.2) is 6.10 Å². The van der Waals surface area contributed by atoms with Gasteiger partial charge >= 0.3 is 0 Å². The first kappa shape index (κ1) is 21.5. The molecule has 1 aliphatic heterocycles. The van der Waals surface area contributed by atoms with Gasteiger partial charge in [-0.1, -0.05) is 38.4 Å². The summed E-state index contributed by atoms with van der Waals surface area (Å²) in [5, 5.41) is 3.37. The number of halogens is 1. The van der Waals surface area contributed by atoms with Gasteiger partial charge in [0, 0.05) is 10.7 Å². The number of aryl methyl sites for hydroxylation is 1. The summed E-state index contributed by atoms with van der Waals surface area (Å²) >= 11 is 5.96. The summed E-state index contributed by atoms with van der Waals surface area (Å²) in [6.07, 6.45) is 0.150. The van der Waals surface area contributed by atoms with Gasteiger partial charge in [0.05, 0.1) is 18.5 Å². The number of hydrogen-bond acceptors (Lipinski definition) is 4. The van der Waals surface area contributed by atoms with E-state index < -0.39 is 22.0 Å². The SMILES string of the molecule is Cc1cc(Cl)ccc1NC(=O)[C@H]1CN(S(C)(=O)=O)c2cc(C(C)(C)C)ccc2O1. The Labute approximate surface area is 176 Å². The van der Waals surface area contributed by atoms with Gasteiger partial charge in [0.2, 0.25) is 10.0 Å². The first-order chi connectivity index (χ1) is 13.4. The number of rotatable bonds is 3. The van der Waals surface area contributed by atoms with E-state index in [-0.39, 0.29) is 12.0 Å². The molecule has 2 aromatic carbocycles.